The van der Waals surface area contributed by atoms with Crippen LogP contribution in [0.2, 0.25) is 0 Å². The molecule has 0 saturated heterocycles. The van der Waals surface area contributed by atoms with Crippen LogP contribution in [-0.2, 0) is 15.1 Å². The maximum atomic E-state index is 11.1. The Bertz CT molecular complexity index is 313. The molecule has 2 nitrogen and oxygen atoms in total. The van der Waals surface area contributed by atoms with Crippen LogP contribution in [0.4, 0.5) is 0 Å². The van der Waals surface area contributed by atoms with Crippen molar-refractivity contribution in [2.24, 2.45) is 0 Å². The average Bonchev–Trinajstić information content (AvgIpc) is 2.27. The molecule has 2 heteroatoms. The van der Waals surface area contributed by atoms with Crippen LogP contribution < -0.4 is 0 Å². The minimum atomic E-state index is -0.451. The van der Waals surface area contributed by atoms with Gasteiger partial charge in [0, 0.05) is 6.92 Å². The predicted octanol–water partition coefficient (Wildman–Crippen LogP) is 3.27. The first kappa shape index (κ1) is 11.8. The molecule has 0 bridgehead atoms. The standard InChI is InChI=1S/C13H18O2/c1-4-13(5-2,15-11(3)14)12-9-7-6-8-10-12/h6-10H,4-5H2,1-3H3. The predicted molar refractivity (Wildman–Crippen MR) is 60.5 cm³/mol. The SMILES string of the molecule is CCC(CC)(OC(C)=O)c1ccccc1. The molecule has 0 unspecified atom stereocenters. The van der Waals surface area contributed by atoms with E-state index in [1.54, 1.807) is 0 Å². The average molecular weight is 206 g/mol. The molecule has 0 aromatic heterocycles. The molecule has 1 aromatic carbocycles. The first-order chi connectivity index (χ1) is 7.14. The first-order valence-electron chi connectivity index (χ1n) is 5.39. The van der Waals surface area contributed by atoms with Crippen molar-refractivity contribution in [2.45, 2.75) is 39.2 Å². The molecule has 0 aliphatic rings. The van der Waals surface area contributed by atoms with Gasteiger partial charge in [-0.15, -0.1) is 0 Å². The van der Waals surface area contributed by atoms with E-state index in [1.807, 2.05) is 44.2 Å². The Morgan fingerprint density at radius 2 is 1.73 bits per heavy atom. The number of ether oxygens (including phenoxy) is 1. The Morgan fingerprint density at radius 3 is 2.13 bits per heavy atom. The summed E-state index contributed by atoms with van der Waals surface area (Å²) in [7, 11) is 0. The monoisotopic (exact) mass is 206 g/mol. The summed E-state index contributed by atoms with van der Waals surface area (Å²) in [6.45, 7) is 5.54. The van der Waals surface area contributed by atoms with E-state index in [0.29, 0.717) is 0 Å². The molecule has 0 spiro atoms. The molecule has 0 N–H and O–H groups in total. The van der Waals surface area contributed by atoms with Crippen molar-refractivity contribution in [1.82, 2.24) is 0 Å². The molecule has 0 atom stereocenters. The normalized spacial score (nSPS) is 11.1. The first-order valence-corrected chi connectivity index (χ1v) is 5.39. The van der Waals surface area contributed by atoms with E-state index in [1.165, 1.54) is 6.92 Å². The molecule has 1 rings (SSSR count). The lowest BCUT2D eigenvalue weighted by atomic mass is 9.88. The second kappa shape index (κ2) is 4.96. The lowest BCUT2D eigenvalue weighted by Crippen LogP contribution is -2.30. The van der Waals surface area contributed by atoms with Gasteiger partial charge >= 0.3 is 5.97 Å². The summed E-state index contributed by atoms with van der Waals surface area (Å²) in [5.41, 5.74) is 0.623. The van der Waals surface area contributed by atoms with Gasteiger partial charge in [0.15, 0.2) is 0 Å². The number of hydrogen-bond acceptors (Lipinski definition) is 2. The van der Waals surface area contributed by atoms with Gasteiger partial charge in [0.25, 0.3) is 0 Å². The molecule has 15 heavy (non-hydrogen) atoms. The van der Waals surface area contributed by atoms with Gasteiger partial charge in [-0.1, -0.05) is 44.2 Å². The van der Waals surface area contributed by atoms with Crippen LogP contribution in [0.25, 0.3) is 0 Å². The topological polar surface area (TPSA) is 26.3 Å². The van der Waals surface area contributed by atoms with Crippen LogP contribution in [0.5, 0.6) is 0 Å². The zero-order chi connectivity index (χ0) is 11.3. The Hall–Kier alpha value is -1.31. The maximum absolute atomic E-state index is 11.1. The van der Waals surface area contributed by atoms with Crippen LogP contribution in [-0.4, -0.2) is 5.97 Å². The molecule has 0 amide bonds. The van der Waals surface area contributed by atoms with Crippen LogP contribution in [0.3, 0.4) is 0 Å². The van der Waals surface area contributed by atoms with Crippen LogP contribution in [0.1, 0.15) is 39.2 Å². The number of hydrogen-bond donors (Lipinski definition) is 0. The van der Waals surface area contributed by atoms with Gasteiger partial charge in [0.1, 0.15) is 5.60 Å². The fourth-order valence-corrected chi connectivity index (χ4v) is 1.88. The molecular formula is C13H18O2. The van der Waals surface area contributed by atoms with Crippen molar-refractivity contribution in [1.29, 1.82) is 0 Å². The van der Waals surface area contributed by atoms with Crippen molar-refractivity contribution in [3.8, 4) is 0 Å². The lowest BCUT2D eigenvalue weighted by Gasteiger charge is -2.31. The Kier molecular flexibility index (Phi) is 3.89. The van der Waals surface area contributed by atoms with Gasteiger partial charge in [-0.05, 0) is 18.4 Å². The van der Waals surface area contributed by atoms with Crippen molar-refractivity contribution < 1.29 is 9.53 Å². The van der Waals surface area contributed by atoms with Gasteiger partial charge in [-0.2, -0.15) is 0 Å². The molecule has 0 radical (unpaired) electrons. The molecule has 0 fully saturated rings. The van der Waals surface area contributed by atoms with Gasteiger partial charge in [0.2, 0.25) is 0 Å². The van der Waals surface area contributed by atoms with Gasteiger partial charge in [-0.3, -0.25) is 4.79 Å². The van der Waals surface area contributed by atoms with Crippen LogP contribution >= 0.6 is 0 Å². The minimum Gasteiger partial charge on any atom is -0.454 e. The van der Waals surface area contributed by atoms with Gasteiger partial charge in [-0.25, -0.2) is 0 Å². The van der Waals surface area contributed by atoms with Crippen molar-refractivity contribution >= 4 is 5.97 Å². The summed E-state index contributed by atoms with van der Waals surface area (Å²) in [4.78, 5) is 11.1. The second-order valence-electron chi connectivity index (χ2n) is 3.66. The number of rotatable bonds is 4. The maximum Gasteiger partial charge on any atom is 0.303 e. The third kappa shape index (κ3) is 2.58. The Balaban J connectivity index is 3.05. The van der Waals surface area contributed by atoms with Crippen LogP contribution in [0, 0.1) is 0 Å². The smallest absolute Gasteiger partial charge is 0.303 e. The third-order valence-electron chi connectivity index (χ3n) is 2.78. The molecule has 0 aliphatic heterocycles. The fourth-order valence-electron chi connectivity index (χ4n) is 1.88. The number of benzene rings is 1. The Labute approximate surface area is 91.3 Å². The molecule has 0 aliphatic carbocycles. The summed E-state index contributed by atoms with van der Waals surface area (Å²) in [6, 6.07) is 9.93. The van der Waals surface area contributed by atoms with Crippen LogP contribution in [0.15, 0.2) is 30.3 Å². The fraction of sp³-hybridized carbons (Fsp3) is 0.462. The summed E-state index contributed by atoms with van der Waals surface area (Å²) in [5.74, 6) is -0.220. The quantitative estimate of drug-likeness (QED) is 0.707. The molecule has 0 saturated carbocycles. The van der Waals surface area contributed by atoms with E-state index < -0.39 is 5.60 Å². The van der Waals surface area contributed by atoms with E-state index in [9.17, 15) is 4.79 Å². The number of esters is 1. The highest BCUT2D eigenvalue weighted by Crippen LogP contribution is 2.32. The zero-order valence-electron chi connectivity index (χ0n) is 9.62. The van der Waals surface area contributed by atoms with E-state index in [2.05, 4.69) is 0 Å². The Morgan fingerprint density at radius 1 is 1.20 bits per heavy atom. The molecule has 0 heterocycles. The van der Waals surface area contributed by atoms with Crippen molar-refractivity contribution in [3.05, 3.63) is 35.9 Å². The molecule has 82 valence electrons. The molecule has 1 aromatic rings. The van der Waals surface area contributed by atoms with E-state index >= 15 is 0 Å². The van der Waals surface area contributed by atoms with E-state index in [4.69, 9.17) is 4.74 Å². The third-order valence-corrected chi connectivity index (χ3v) is 2.78. The zero-order valence-corrected chi connectivity index (χ0v) is 9.62. The highest BCUT2D eigenvalue weighted by Gasteiger charge is 2.31. The highest BCUT2D eigenvalue weighted by molar-refractivity contribution is 5.66. The number of carbonyl (C=O) groups is 1. The van der Waals surface area contributed by atoms with Gasteiger partial charge < -0.3 is 4.74 Å². The summed E-state index contributed by atoms with van der Waals surface area (Å²) < 4.78 is 5.48. The molecular weight excluding hydrogens is 188 g/mol. The van der Waals surface area contributed by atoms with Crippen molar-refractivity contribution in [3.63, 3.8) is 0 Å². The highest BCUT2D eigenvalue weighted by atomic mass is 16.6. The summed E-state index contributed by atoms with van der Waals surface area (Å²) >= 11 is 0. The largest absolute Gasteiger partial charge is 0.454 e. The van der Waals surface area contributed by atoms with E-state index in [-0.39, 0.29) is 5.97 Å². The summed E-state index contributed by atoms with van der Waals surface area (Å²) in [5, 5.41) is 0. The van der Waals surface area contributed by atoms with Crippen molar-refractivity contribution in [2.75, 3.05) is 0 Å². The summed E-state index contributed by atoms with van der Waals surface area (Å²) in [6.07, 6.45) is 1.60. The lowest BCUT2D eigenvalue weighted by molar-refractivity contribution is -0.159. The number of carbonyl (C=O) groups excluding carboxylic acids is 1. The second-order valence-corrected chi connectivity index (χ2v) is 3.66. The van der Waals surface area contributed by atoms with Gasteiger partial charge in [0.05, 0.1) is 0 Å². The minimum absolute atomic E-state index is 0.220. The van der Waals surface area contributed by atoms with E-state index in [0.717, 1.165) is 18.4 Å².